The zero-order valence-corrected chi connectivity index (χ0v) is 24.7. The molecule has 5 aromatic rings. The summed E-state index contributed by atoms with van der Waals surface area (Å²) in [6.45, 7) is 5.88. The van der Waals surface area contributed by atoms with E-state index in [-0.39, 0.29) is 17.5 Å². The lowest BCUT2D eigenvalue weighted by Crippen LogP contribution is -2.40. The van der Waals surface area contributed by atoms with Gasteiger partial charge in [0, 0.05) is 34.2 Å². The summed E-state index contributed by atoms with van der Waals surface area (Å²) in [6, 6.07) is 20.8. The second kappa shape index (κ2) is 11.2. The lowest BCUT2D eigenvalue weighted by Gasteiger charge is -2.25. The van der Waals surface area contributed by atoms with Crippen LogP contribution in [0.2, 0.25) is 5.02 Å². The highest BCUT2D eigenvalue weighted by atomic mass is 35.5. The predicted molar refractivity (Wildman–Crippen MR) is 164 cm³/mol. The van der Waals surface area contributed by atoms with Crippen LogP contribution in [0.4, 0.5) is 4.39 Å². The van der Waals surface area contributed by atoms with E-state index in [1.165, 1.54) is 23.5 Å². The van der Waals surface area contributed by atoms with E-state index in [0.717, 1.165) is 27.6 Å². The molecular formula is C33H27ClFN3O3S. The molecule has 1 aliphatic rings. The molecule has 0 amide bonds. The van der Waals surface area contributed by atoms with Crippen molar-refractivity contribution in [2.75, 3.05) is 0 Å². The number of thiazole rings is 1. The number of rotatable bonds is 6. The number of aromatic nitrogens is 2. The van der Waals surface area contributed by atoms with Crippen LogP contribution in [0.15, 0.2) is 100 Å². The van der Waals surface area contributed by atoms with Gasteiger partial charge in [0.2, 0.25) is 0 Å². The van der Waals surface area contributed by atoms with Crippen molar-refractivity contribution in [2.45, 2.75) is 39.5 Å². The third-order valence-corrected chi connectivity index (χ3v) is 8.38. The van der Waals surface area contributed by atoms with Gasteiger partial charge in [-0.2, -0.15) is 0 Å². The van der Waals surface area contributed by atoms with Crippen LogP contribution in [-0.2, 0) is 16.1 Å². The summed E-state index contributed by atoms with van der Waals surface area (Å²) >= 11 is 7.45. The minimum Gasteiger partial charge on any atom is -0.459 e. The fourth-order valence-electron chi connectivity index (χ4n) is 5.27. The van der Waals surface area contributed by atoms with Crippen molar-refractivity contribution in [1.82, 2.24) is 9.13 Å². The van der Waals surface area contributed by atoms with Crippen molar-refractivity contribution < 1.29 is 13.9 Å². The van der Waals surface area contributed by atoms with E-state index < -0.39 is 12.0 Å². The lowest BCUT2D eigenvalue weighted by atomic mass is 9.96. The third-order valence-electron chi connectivity index (χ3n) is 7.14. The van der Waals surface area contributed by atoms with Crippen molar-refractivity contribution in [2.24, 2.45) is 4.99 Å². The molecule has 42 heavy (non-hydrogen) atoms. The Morgan fingerprint density at radius 3 is 2.52 bits per heavy atom. The Balaban J connectivity index is 1.50. The van der Waals surface area contributed by atoms with E-state index in [2.05, 4.69) is 9.56 Å². The summed E-state index contributed by atoms with van der Waals surface area (Å²) in [5.74, 6) is -0.788. The van der Waals surface area contributed by atoms with Crippen molar-refractivity contribution in [3.8, 4) is 0 Å². The summed E-state index contributed by atoms with van der Waals surface area (Å²) in [4.78, 5) is 32.5. The number of benzene rings is 3. The molecule has 0 fully saturated rings. The van der Waals surface area contributed by atoms with Gasteiger partial charge in [0.25, 0.3) is 5.56 Å². The highest BCUT2D eigenvalue weighted by molar-refractivity contribution is 7.07. The van der Waals surface area contributed by atoms with E-state index in [1.54, 1.807) is 49.6 Å². The third kappa shape index (κ3) is 5.24. The van der Waals surface area contributed by atoms with Gasteiger partial charge in [-0.05, 0) is 68.3 Å². The van der Waals surface area contributed by atoms with Crippen LogP contribution < -0.4 is 14.9 Å². The molecule has 6 rings (SSSR count). The lowest BCUT2D eigenvalue weighted by molar-refractivity contribution is -0.143. The van der Waals surface area contributed by atoms with Crippen LogP contribution in [0, 0.1) is 5.82 Å². The molecule has 0 saturated heterocycles. The van der Waals surface area contributed by atoms with Crippen molar-refractivity contribution in [3.63, 3.8) is 0 Å². The summed E-state index contributed by atoms with van der Waals surface area (Å²) in [6.07, 6.45) is 3.54. The number of carbonyl (C=O) groups is 1. The van der Waals surface area contributed by atoms with E-state index in [4.69, 9.17) is 16.3 Å². The Labute approximate surface area is 250 Å². The summed E-state index contributed by atoms with van der Waals surface area (Å²) in [5.41, 5.74) is 4.13. The number of hydrogen-bond acceptors (Lipinski definition) is 5. The molecule has 0 N–H and O–H groups in total. The first-order valence-corrected chi connectivity index (χ1v) is 14.7. The van der Waals surface area contributed by atoms with Gasteiger partial charge in [-0.15, -0.1) is 0 Å². The molecule has 6 nitrogen and oxygen atoms in total. The molecule has 3 heterocycles. The Morgan fingerprint density at radius 2 is 1.81 bits per heavy atom. The highest BCUT2D eigenvalue weighted by Gasteiger charge is 2.33. The van der Waals surface area contributed by atoms with E-state index >= 15 is 0 Å². The molecule has 3 aromatic carbocycles. The van der Waals surface area contributed by atoms with Crippen LogP contribution >= 0.6 is 22.9 Å². The van der Waals surface area contributed by atoms with Crippen molar-refractivity contribution in [3.05, 3.63) is 137 Å². The van der Waals surface area contributed by atoms with E-state index in [9.17, 15) is 14.0 Å². The molecule has 1 atom stereocenters. The number of nitrogens with zero attached hydrogens (tertiary/aromatic N) is 3. The van der Waals surface area contributed by atoms with Crippen LogP contribution in [0.5, 0.6) is 0 Å². The number of carbonyl (C=O) groups excluding carboxylic acids is 1. The number of halogens is 2. The molecule has 9 heteroatoms. The SMILES string of the molecule is CC1=C(C(=O)OC(C)C)C(c2ccc(Cl)cc2)n2c(sc(=Cc3cn(Cc4ccc(F)cc4)c4ccccc34)c2=O)=N1. The molecule has 2 aromatic heterocycles. The molecule has 212 valence electrons. The zero-order valence-electron chi connectivity index (χ0n) is 23.2. The minimum absolute atomic E-state index is 0.253. The van der Waals surface area contributed by atoms with Gasteiger partial charge in [0.1, 0.15) is 5.82 Å². The highest BCUT2D eigenvalue weighted by Crippen LogP contribution is 2.32. The van der Waals surface area contributed by atoms with Gasteiger partial charge in [-0.1, -0.05) is 65.4 Å². The summed E-state index contributed by atoms with van der Waals surface area (Å²) in [5, 5.41) is 1.53. The fourth-order valence-corrected chi connectivity index (χ4v) is 6.43. The normalized spacial score (nSPS) is 15.3. The van der Waals surface area contributed by atoms with E-state index in [1.807, 2.05) is 48.7 Å². The summed E-state index contributed by atoms with van der Waals surface area (Å²) < 4.78 is 23.2. The van der Waals surface area contributed by atoms with Crippen molar-refractivity contribution >= 4 is 45.9 Å². The Hall–Kier alpha value is -4.27. The number of ether oxygens (including phenoxy) is 1. The van der Waals surface area contributed by atoms with Gasteiger partial charge in [-0.3, -0.25) is 9.36 Å². The average molecular weight is 600 g/mol. The van der Waals surface area contributed by atoms with Gasteiger partial charge in [0.05, 0.1) is 27.9 Å². The van der Waals surface area contributed by atoms with Crippen LogP contribution in [0.1, 0.15) is 43.5 Å². The standard InChI is InChI=1S/C33H27ClFN3O3S/c1-19(2)41-32(40)29-20(3)36-33-38(30(29)22-10-12-24(34)13-11-22)31(39)28(42-33)16-23-18-37(27-7-5-4-6-26(23)27)17-21-8-14-25(35)15-9-21/h4-16,18-19,30H,17H2,1-3H3. The predicted octanol–water partition coefficient (Wildman–Crippen LogP) is 5.98. The van der Waals surface area contributed by atoms with Gasteiger partial charge < -0.3 is 9.30 Å². The van der Waals surface area contributed by atoms with Gasteiger partial charge >= 0.3 is 5.97 Å². The minimum atomic E-state index is -0.716. The Kier molecular flexibility index (Phi) is 7.43. The average Bonchev–Trinajstić information content (AvgIpc) is 3.45. The van der Waals surface area contributed by atoms with Crippen LogP contribution in [0.25, 0.3) is 17.0 Å². The topological polar surface area (TPSA) is 65.6 Å². The number of hydrogen-bond donors (Lipinski definition) is 0. The molecule has 0 spiro atoms. The van der Waals surface area contributed by atoms with E-state index in [0.29, 0.717) is 32.2 Å². The first-order chi connectivity index (χ1) is 20.2. The maximum absolute atomic E-state index is 14.1. The quantitative estimate of drug-likeness (QED) is 0.226. The second-order valence-corrected chi connectivity index (χ2v) is 11.9. The molecule has 0 saturated carbocycles. The maximum Gasteiger partial charge on any atom is 0.338 e. The smallest absolute Gasteiger partial charge is 0.338 e. The number of fused-ring (bicyclic) bond motifs is 2. The Bertz CT molecular complexity index is 2040. The zero-order chi connectivity index (χ0) is 29.5. The first kappa shape index (κ1) is 27.9. The molecular weight excluding hydrogens is 573 g/mol. The number of allylic oxidation sites excluding steroid dienone is 1. The number of para-hydroxylation sites is 1. The molecule has 1 unspecified atom stereocenters. The first-order valence-electron chi connectivity index (χ1n) is 13.5. The molecule has 0 aliphatic carbocycles. The Morgan fingerprint density at radius 1 is 1.10 bits per heavy atom. The van der Waals surface area contributed by atoms with Gasteiger partial charge in [-0.25, -0.2) is 14.2 Å². The van der Waals surface area contributed by atoms with Crippen LogP contribution in [-0.4, -0.2) is 21.2 Å². The molecule has 0 bridgehead atoms. The second-order valence-electron chi connectivity index (χ2n) is 10.4. The number of esters is 1. The monoisotopic (exact) mass is 599 g/mol. The largest absolute Gasteiger partial charge is 0.459 e. The maximum atomic E-state index is 14.1. The fraction of sp³-hybridized carbons (Fsp3) is 0.182. The summed E-state index contributed by atoms with van der Waals surface area (Å²) in [7, 11) is 0. The van der Waals surface area contributed by atoms with Crippen molar-refractivity contribution in [1.29, 1.82) is 0 Å². The molecule has 0 radical (unpaired) electrons. The molecule has 1 aliphatic heterocycles. The van der Waals surface area contributed by atoms with Gasteiger partial charge in [0.15, 0.2) is 4.80 Å². The van der Waals surface area contributed by atoms with Crippen LogP contribution in [0.3, 0.4) is 0 Å².